The van der Waals surface area contributed by atoms with E-state index in [1.54, 1.807) is 45.0 Å². The van der Waals surface area contributed by atoms with Gasteiger partial charge in [0.1, 0.15) is 27.7 Å². The van der Waals surface area contributed by atoms with Gasteiger partial charge < -0.3 is 39.2 Å². The fraction of sp³-hybridized carbons (Fsp3) is 0.636. The molecule has 3 amide bonds. The molecule has 6 rings (SSSR count). The van der Waals surface area contributed by atoms with Crippen LogP contribution in [0.4, 0.5) is 9.59 Å². The van der Waals surface area contributed by atoms with E-state index in [9.17, 15) is 26.4 Å². The number of ether oxygens (including phenoxy) is 1. The average molecular weight is 900 g/mol. The maximum absolute atomic E-state index is 13.2. The second-order valence-corrected chi connectivity index (χ2v) is 25.2. The van der Waals surface area contributed by atoms with E-state index < -0.39 is 47.9 Å². The van der Waals surface area contributed by atoms with Crippen molar-refractivity contribution in [2.24, 2.45) is 16.6 Å². The highest BCUT2D eigenvalue weighted by atomic mass is 32.2. The van der Waals surface area contributed by atoms with Gasteiger partial charge in [-0.05, 0) is 96.2 Å². The number of likely N-dealkylation sites (N-methyl/N-ethyl adjacent to an activating group) is 2. The van der Waals surface area contributed by atoms with Crippen LogP contribution in [0.15, 0.2) is 46.2 Å². The number of nitrogens with zero attached hydrogens (tertiary/aromatic N) is 8. The van der Waals surface area contributed by atoms with Crippen molar-refractivity contribution in [3.8, 4) is 0 Å². The molecule has 4 aromatic rings. The maximum Gasteiger partial charge on any atom is 0.410 e. The fourth-order valence-corrected chi connectivity index (χ4v) is 10.6. The number of hydrogen-bond donors (Lipinski definition) is 1. The van der Waals surface area contributed by atoms with E-state index in [2.05, 4.69) is 60.5 Å². The van der Waals surface area contributed by atoms with E-state index >= 15 is 0 Å². The summed E-state index contributed by atoms with van der Waals surface area (Å²) in [5.41, 5.74) is 7.99. The molecule has 16 nitrogen and oxygen atoms in total. The molecule has 18 heteroatoms. The van der Waals surface area contributed by atoms with Gasteiger partial charge in [0.25, 0.3) is 0 Å². The van der Waals surface area contributed by atoms with Crippen LogP contribution >= 0.6 is 0 Å². The molecule has 0 saturated carbocycles. The molecule has 4 heterocycles. The number of aromatic nitrogens is 4. The van der Waals surface area contributed by atoms with E-state index in [1.807, 2.05) is 40.3 Å². The number of rotatable bonds is 12. The van der Waals surface area contributed by atoms with Crippen LogP contribution < -0.4 is 5.73 Å². The quantitative estimate of drug-likeness (QED) is 0.195. The number of urea groups is 1. The first-order valence-corrected chi connectivity index (χ1v) is 24.3. The van der Waals surface area contributed by atoms with E-state index in [-0.39, 0.29) is 46.8 Å². The van der Waals surface area contributed by atoms with Crippen molar-refractivity contribution >= 4 is 53.9 Å². The SMILES string of the molecule is CN(C)CCn1c(CC(C)(C)C)nc2cc(S(=O)(=O)C3CN(C(=O)OC(C)(C)C)C3)ccc21.CN(C)CCn1c(CC(C)(C)C)nc2cc(S(=O)(=O)C3CN(C(N)=O)C3)ccc21. The Labute approximate surface area is 368 Å². The normalized spacial score (nSPS) is 15.9. The van der Waals surface area contributed by atoms with Gasteiger partial charge in [-0.1, -0.05) is 41.5 Å². The number of fused-ring (bicyclic) bond motifs is 2. The molecule has 2 aromatic carbocycles. The number of carbonyl (C=O) groups is 2. The Morgan fingerprint density at radius 1 is 0.661 bits per heavy atom. The molecule has 0 unspecified atom stereocenters. The van der Waals surface area contributed by atoms with Crippen molar-refractivity contribution in [3.63, 3.8) is 0 Å². The third-order valence-electron chi connectivity index (χ3n) is 10.7. The first kappa shape index (κ1) is 48.8. The lowest BCUT2D eigenvalue weighted by atomic mass is 9.92. The highest BCUT2D eigenvalue weighted by Gasteiger charge is 2.43. The minimum absolute atomic E-state index is 0.0587. The van der Waals surface area contributed by atoms with Gasteiger partial charge in [-0.15, -0.1) is 0 Å². The molecule has 2 saturated heterocycles. The van der Waals surface area contributed by atoms with Crippen LogP contribution in [0.2, 0.25) is 0 Å². The summed E-state index contributed by atoms with van der Waals surface area (Å²) in [4.78, 5) is 40.5. The maximum atomic E-state index is 13.2. The van der Waals surface area contributed by atoms with Gasteiger partial charge in [0.2, 0.25) is 0 Å². The summed E-state index contributed by atoms with van der Waals surface area (Å²) in [6.07, 6.45) is 1.12. The lowest BCUT2D eigenvalue weighted by molar-refractivity contribution is 0.0139. The van der Waals surface area contributed by atoms with Crippen LogP contribution in [0.3, 0.4) is 0 Å². The van der Waals surface area contributed by atoms with Gasteiger partial charge in [-0.3, -0.25) is 0 Å². The van der Waals surface area contributed by atoms with Crippen LogP contribution in [0.1, 0.15) is 74.0 Å². The number of likely N-dealkylation sites (tertiary alicyclic amines) is 2. The number of imidazole rings is 2. The van der Waals surface area contributed by atoms with Crippen molar-refractivity contribution in [1.82, 2.24) is 38.7 Å². The molecule has 0 bridgehead atoms. The van der Waals surface area contributed by atoms with Gasteiger partial charge in [0, 0.05) is 65.2 Å². The Morgan fingerprint density at radius 2 is 1.03 bits per heavy atom. The predicted molar refractivity (Wildman–Crippen MR) is 244 cm³/mol. The number of benzene rings is 2. The highest BCUT2D eigenvalue weighted by Crippen LogP contribution is 2.31. The number of hydrogen-bond acceptors (Lipinski definition) is 11. The summed E-state index contributed by atoms with van der Waals surface area (Å²) in [6, 6.07) is 9.79. The largest absolute Gasteiger partial charge is 0.444 e. The minimum atomic E-state index is -3.58. The number of carbonyl (C=O) groups excluding carboxylic acids is 2. The van der Waals surface area contributed by atoms with Gasteiger partial charge in [-0.2, -0.15) is 0 Å². The standard InChI is InChI=1S/C24H38N4O4S.C20H31N5O3S/c1-23(2,3)14-21-25-19-13-17(9-10-20(19)28(21)12-11-26(7)8)33(30,31)18-15-27(16-18)22(29)32-24(4,5)6;1-20(2,3)11-18-22-16-10-14(6-7-17(16)25(18)9-8-23(4)5)29(27,28)15-12-24(13-15)19(21)26/h9-10,13,18H,11-12,14-16H2,1-8H3;6-7,10,15H,8-9,11-13H2,1-5H3,(H2,21,26). The summed E-state index contributed by atoms with van der Waals surface area (Å²) in [5, 5.41) is -1.25. The summed E-state index contributed by atoms with van der Waals surface area (Å²) >= 11 is 0. The fourth-order valence-electron chi connectivity index (χ4n) is 7.30. The molecule has 2 aromatic heterocycles. The Hall–Kier alpha value is -4.26. The van der Waals surface area contributed by atoms with Crippen LogP contribution in [0.25, 0.3) is 22.1 Å². The van der Waals surface area contributed by atoms with Crippen molar-refractivity contribution in [2.45, 2.75) is 114 Å². The lowest BCUT2D eigenvalue weighted by Crippen LogP contribution is -2.58. The second-order valence-electron chi connectivity index (χ2n) is 20.7. The van der Waals surface area contributed by atoms with Crippen LogP contribution in [-0.4, -0.2) is 151 Å². The number of amides is 3. The first-order valence-electron chi connectivity index (χ1n) is 21.2. The van der Waals surface area contributed by atoms with Crippen molar-refractivity contribution in [2.75, 3.05) is 67.5 Å². The smallest absolute Gasteiger partial charge is 0.410 e. The lowest BCUT2D eigenvalue weighted by Gasteiger charge is -2.39. The zero-order valence-corrected chi connectivity index (χ0v) is 40.7. The molecule has 2 N–H and O–H groups in total. The summed E-state index contributed by atoms with van der Waals surface area (Å²) in [5.74, 6) is 1.93. The van der Waals surface area contributed by atoms with Gasteiger partial charge >= 0.3 is 12.1 Å². The average Bonchev–Trinajstić information content (AvgIpc) is 3.57. The zero-order chi connectivity index (χ0) is 46.3. The third-order valence-corrected chi connectivity index (χ3v) is 14.9. The Bertz CT molecular complexity index is 2480. The minimum Gasteiger partial charge on any atom is -0.444 e. The summed E-state index contributed by atoms with van der Waals surface area (Å²) in [7, 11) is 1.02. The van der Waals surface area contributed by atoms with Gasteiger partial charge in [0.15, 0.2) is 19.7 Å². The molecular formula is C44H69N9O7S2. The van der Waals surface area contributed by atoms with E-state index in [1.165, 1.54) is 9.80 Å². The zero-order valence-electron chi connectivity index (χ0n) is 39.0. The topological polar surface area (TPSA) is 186 Å². The summed E-state index contributed by atoms with van der Waals surface area (Å²) < 4.78 is 62.1. The van der Waals surface area contributed by atoms with Gasteiger partial charge in [0.05, 0.1) is 31.9 Å². The molecule has 344 valence electrons. The van der Waals surface area contributed by atoms with Crippen LogP contribution in [0.5, 0.6) is 0 Å². The molecule has 0 aliphatic carbocycles. The molecule has 2 fully saturated rings. The van der Waals surface area contributed by atoms with E-state index in [4.69, 9.17) is 20.4 Å². The third kappa shape index (κ3) is 11.8. The summed E-state index contributed by atoms with van der Waals surface area (Å²) in [6.45, 7) is 22.3. The second kappa shape index (κ2) is 18.1. The number of sulfone groups is 2. The molecule has 2 aliphatic heterocycles. The molecule has 0 spiro atoms. The van der Waals surface area contributed by atoms with Crippen LogP contribution in [-0.2, 0) is 50.3 Å². The predicted octanol–water partition coefficient (Wildman–Crippen LogP) is 5.30. The van der Waals surface area contributed by atoms with E-state index in [0.717, 1.165) is 61.7 Å². The number of primary amides is 1. The van der Waals surface area contributed by atoms with Gasteiger partial charge in [-0.25, -0.2) is 36.4 Å². The van der Waals surface area contributed by atoms with Crippen molar-refractivity contribution < 1.29 is 31.2 Å². The monoisotopic (exact) mass is 899 g/mol. The Balaban J connectivity index is 0.000000236. The first-order chi connectivity index (χ1) is 28.4. The number of nitrogens with two attached hydrogens (primary N) is 1. The molecule has 0 radical (unpaired) electrons. The highest BCUT2D eigenvalue weighted by molar-refractivity contribution is 7.92. The Morgan fingerprint density at radius 3 is 1.35 bits per heavy atom. The van der Waals surface area contributed by atoms with Crippen molar-refractivity contribution in [3.05, 3.63) is 48.0 Å². The van der Waals surface area contributed by atoms with Crippen molar-refractivity contribution in [1.29, 1.82) is 0 Å². The molecule has 2 aliphatic rings. The Kier molecular flexibility index (Phi) is 14.2. The van der Waals surface area contributed by atoms with Crippen LogP contribution in [0, 0.1) is 10.8 Å². The molecule has 62 heavy (non-hydrogen) atoms. The molecule has 0 atom stereocenters. The molecular weight excluding hydrogens is 831 g/mol. The van der Waals surface area contributed by atoms with E-state index in [0.29, 0.717) is 11.0 Å².